The van der Waals surface area contributed by atoms with Crippen LogP contribution < -0.4 is 10.6 Å². The van der Waals surface area contributed by atoms with Crippen molar-refractivity contribution >= 4 is 29.2 Å². The molecule has 0 unspecified atom stereocenters. The van der Waals surface area contributed by atoms with E-state index in [-0.39, 0.29) is 24.3 Å². The summed E-state index contributed by atoms with van der Waals surface area (Å²) in [7, 11) is 3.37. The van der Waals surface area contributed by atoms with Gasteiger partial charge in [0, 0.05) is 31.0 Å². The fourth-order valence-corrected chi connectivity index (χ4v) is 2.28. The van der Waals surface area contributed by atoms with E-state index in [1.807, 2.05) is 0 Å². The second-order valence-electron chi connectivity index (χ2n) is 5.98. The molecule has 7 nitrogen and oxygen atoms in total. The lowest BCUT2D eigenvalue weighted by Crippen LogP contribution is -2.23. The molecule has 0 saturated heterocycles. The van der Waals surface area contributed by atoms with Gasteiger partial charge in [-0.2, -0.15) is 0 Å². The zero-order valence-electron chi connectivity index (χ0n) is 15.6. The van der Waals surface area contributed by atoms with Crippen molar-refractivity contribution in [3.8, 4) is 0 Å². The molecule has 0 fully saturated rings. The van der Waals surface area contributed by atoms with Crippen LogP contribution in [0.2, 0.25) is 0 Å². The first-order valence-corrected chi connectivity index (χ1v) is 8.53. The van der Waals surface area contributed by atoms with E-state index >= 15 is 0 Å². The summed E-state index contributed by atoms with van der Waals surface area (Å²) in [6, 6.07) is 13.4. The number of hydrogen-bond donors (Lipinski definition) is 2. The van der Waals surface area contributed by atoms with Crippen molar-refractivity contribution in [1.29, 1.82) is 0 Å². The summed E-state index contributed by atoms with van der Waals surface area (Å²) < 4.78 is 4.92. The van der Waals surface area contributed by atoms with Gasteiger partial charge in [-0.1, -0.05) is 0 Å². The van der Waals surface area contributed by atoms with Crippen LogP contribution in [0.4, 0.5) is 11.4 Å². The molecule has 2 rings (SSSR count). The zero-order chi connectivity index (χ0) is 19.8. The van der Waals surface area contributed by atoms with Gasteiger partial charge in [-0.3, -0.25) is 9.59 Å². The number of rotatable bonds is 7. The number of nitrogens with zero attached hydrogens (tertiary/aromatic N) is 1. The molecule has 142 valence electrons. The smallest absolute Gasteiger partial charge is 0.338 e. The quantitative estimate of drug-likeness (QED) is 0.733. The van der Waals surface area contributed by atoms with Crippen LogP contribution in [0.1, 0.15) is 27.6 Å². The van der Waals surface area contributed by atoms with E-state index in [1.54, 1.807) is 69.6 Å². The average molecular weight is 369 g/mol. The molecule has 0 radical (unpaired) electrons. The molecule has 0 aliphatic carbocycles. The van der Waals surface area contributed by atoms with E-state index in [4.69, 9.17) is 4.74 Å². The molecular weight excluding hydrogens is 346 g/mol. The maximum atomic E-state index is 12.1. The van der Waals surface area contributed by atoms with Gasteiger partial charge in [0.1, 0.15) is 0 Å². The van der Waals surface area contributed by atoms with Gasteiger partial charge in [-0.25, -0.2) is 4.79 Å². The van der Waals surface area contributed by atoms with Gasteiger partial charge in [0.25, 0.3) is 5.91 Å². The lowest BCUT2D eigenvalue weighted by Gasteiger charge is -2.11. The Kier molecular flexibility index (Phi) is 6.93. The Labute approximate surface area is 158 Å². The molecule has 0 saturated carbocycles. The molecule has 0 atom stereocenters. The molecule has 0 bridgehead atoms. The number of esters is 1. The van der Waals surface area contributed by atoms with Gasteiger partial charge in [-0.15, -0.1) is 0 Å². The summed E-state index contributed by atoms with van der Waals surface area (Å²) in [5.41, 5.74) is 2.33. The predicted octanol–water partition coefficient (Wildman–Crippen LogP) is 2.62. The number of amides is 2. The molecule has 0 heterocycles. The van der Waals surface area contributed by atoms with Crippen LogP contribution in [-0.2, 0) is 9.53 Å². The average Bonchev–Trinajstić information content (AvgIpc) is 2.67. The van der Waals surface area contributed by atoms with Crippen molar-refractivity contribution in [2.75, 3.05) is 37.9 Å². The molecule has 0 aliphatic heterocycles. The van der Waals surface area contributed by atoms with Gasteiger partial charge in [-0.05, 0) is 55.5 Å². The first kappa shape index (κ1) is 20.0. The third-order valence-electron chi connectivity index (χ3n) is 3.67. The number of carbonyl (C=O) groups excluding carboxylic acids is 3. The van der Waals surface area contributed by atoms with Gasteiger partial charge in [0.05, 0.1) is 18.7 Å². The third kappa shape index (κ3) is 5.85. The highest BCUT2D eigenvalue weighted by molar-refractivity contribution is 5.96. The van der Waals surface area contributed by atoms with Gasteiger partial charge < -0.3 is 20.3 Å². The monoisotopic (exact) mass is 369 g/mol. The van der Waals surface area contributed by atoms with E-state index in [0.29, 0.717) is 29.1 Å². The Hall–Kier alpha value is -3.35. The Morgan fingerprint density at radius 2 is 1.44 bits per heavy atom. The molecule has 2 amide bonds. The van der Waals surface area contributed by atoms with Crippen LogP contribution in [-0.4, -0.2) is 49.9 Å². The SMILES string of the molecule is CCOC(=O)c1ccc(NCC(=O)Nc2ccc(C(=O)N(C)C)cc2)cc1. The second-order valence-corrected chi connectivity index (χ2v) is 5.98. The topological polar surface area (TPSA) is 87.7 Å². The minimum Gasteiger partial charge on any atom is -0.462 e. The zero-order valence-corrected chi connectivity index (χ0v) is 15.6. The number of ether oxygens (including phenoxy) is 1. The lowest BCUT2D eigenvalue weighted by molar-refractivity contribution is -0.114. The molecule has 2 N–H and O–H groups in total. The molecule has 0 aromatic heterocycles. The van der Waals surface area contributed by atoms with E-state index in [1.165, 1.54) is 4.90 Å². The Morgan fingerprint density at radius 1 is 0.889 bits per heavy atom. The summed E-state index contributed by atoms with van der Waals surface area (Å²) in [6.07, 6.45) is 0. The molecule has 7 heteroatoms. The number of anilines is 2. The summed E-state index contributed by atoms with van der Waals surface area (Å²) in [4.78, 5) is 37.0. The summed E-state index contributed by atoms with van der Waals surface area (Å²) >= 11 is 0. The molecule has 27 heavy (non-hydrogen) atoms. The molecule has 0 aliphatic rings. The maximum absolute atomic E-state index is 12.1. The van der Waals surface area contributed by atoms with Crippen LogP contribution in [0.5, 0.6) is 0 Å². The maximum Gasteiger partial charge on any atom is 0.338 e. The van der Waals surface area contributed by atoms with Crippen LogP contribution in [0.3, 0.4) is 0 Å². The summed E-state index contributed by atoms with van der Waals surface area (Å²) in [6.45, 7) is 2.14. The molecule has 2 aromatic rings. The van der Waals surface area contributed by atoms with Gasteiger partial charge >= 0.3 is 5.97 Å². The highest BCUT2D eigenvalue weighted by atomic mass is 16.5. The second kappa shape index (κ2) is 9.38. The van der Waals surface area contributed by atoms with Crippen molar-refractivity contribution in [2.45, 2.75) is 6.92 Å². The first-order valence-electron chi connectivity index (χ1n) is 8.53. The highest BCUT2D eigenvalue weighted by Crippen LogP contribution is 2.12. The van der Waals surface area contributed by atoms with E-state index in [0.717, 1.165) is 0 Å². The Morgan fingerprint density at radius 3 is 2.00 bits per heavy atom. The molecule has 2 aromatic carbocycles. The van der Waals surface area contributed by atoms with Crippen LogP contribution in [0.15, 0.2) is 48.5 Å². The Balaban J connectivity index is 1.85. The summed E-state index contributed by atoms with van der Waals surface area (Å²) in [5, 5.41) is 5.74. The van der Waals surface area contributed by atoms with E-state index in [9.17, 15) is 14.4 Å². The highest BCUT2D eigenvalue weighted by Gasteiger charge is 2.09. The number of nitrogens with one attached hydrogen (secondary N) is 2. The summed E-state index contributed by atoms with van der Waals surface area (Å²) in [5.74, 6) is -0.699. The number of hydrogen-bond acceptors (Lipinski definition) is 5. The minimum atomic E-state index is -0.377. The molecular formula is C20H23N3O4. The van der Waals surface area contributed by atoms with Crippen molar-refractivity contribution in [3.63, 3.8) is 0 Å². The number of benzene rings is 2. The van der Waals surface area contributed by atoms with Crippen LogP contribution >= 0.6 is 0 Å². The van der Waals surface area contributed by atoms with Crippen molar-refractivity contribution in [1.82, 2.24) is 4.90 Å². The van der Waals surface area contributed by atoms with Crippen molar-refractivity contribution in [3.05, 3.63) is 59.7 Å². The standard InChI is InChI=1S/C20H23N3O4/c1-4-27-20(26)15-7-9-16(10-8-15)21-13-18(24)22-17-11-5-14(6-12-17)19(25)23(2)3/h5-12,21H,4,13H2,1-3H3,(H,22,24). The van der Waals surface area contributed by atoms with Crippen molar-refractivity contribution < 1.29 is 19.1 Å². The minimum absolute atomic E-state index is 0.0666. The van der Waals surface area contributed by atoms with E-state index < -0.39 is 0 Å². The Bertz CT molecular complexity index is 799. The predicted molar refractivity (Wildman–Crippen MR) is 104 cm³/mol. The molecule has 0 spiro atoms. The van der Waals surface area contributed by atoms with Gasteiger partial charge in [0.2, 0.25) is 5.91 Å². The fraction of sp³-hybridized carbons (Fsp3) is 0.250. The van der Waals surface area contributed by atoms with Gasteiger partial charge in [0.15, 0.2) is 0 Å². The fourth-order valence-electron chi connectivity index (χ4n) is 2.28. The van der Waals surface area contributed by atoms with Crippen LogP contribution in [0.25, 0.3) is 0 Å². The van der Waals surface area contributed by atoms with Crippen molar-refractivity contribution in [2.24, 2.45) is 0 Å². The van der Waals surface area contributed by atoms with E-state index in [2.05, 4.69) is 10.6 Å². The normalized spacial score (nSPS) is 10.0. The van der Waals surface area contributed by atoms with Crippen LogP contribution in [0, 0.1) is 0 Å². The number of carbonyl (C=O) groups is 3. The lowest BCUT2D eigenvalue weighted by atomic mass is 10.2. The first-order chi connectivity index (χ1) is 12.9. The third-order valence-corrected chi connectivity index (χ3v) is 3.67. The largest absolute Gasteiger partial charge is 0.462 e.